The Morgan fingerprint density at radius 3 is 2.10 bits per heavy atom. The first kappa shape index (κ1) is 21.7. The highest BCUT2D eigenvalue weighted by Gasteiger charge is 2.18. The largest absolute Gasteiger partial charge is 0.497 e. The molecule has 0 spiro atoms. The lowest BCUT2D eigenvalue weighted by Gasteiger charge is -2.14. The van der Waals surface area contributed by atoms with Crippen molar-refractivity contribution in [3.05, 3.63) is 53.6 Å². The number of nitrogens with two attached hydrogens (primary N) is 1. The van der Waals surface area contributed by atoms with E-state index in [1.165, 1.54) is 19.1 Å². The highest BCUT2D eigenvalue weighted by Crippen LogP contribution is 2.23. The van der Waals surface area contributed by atoms with Crippen LogP contribution < -0.4 is 20.5 Å². The van der Waals surface area contributed by atoms with Crippen LogP contribution in [0.3, 0.4) is 0 Å². The summed E-state index contributed by atoms with van der Waals surface area (Å²) in [6, 6.07) is 11.4. The van der Waals surface area contributed by atoms with Crippen molar-refractivity contribution in [2.24, 2.45) is 5.73 Å². The van der Waals surface area contributed by atoms with Crippen LogP contribution in [0.1, 0.15) is 29.3 Å². The predicted molar refractivity (Wildman–Crippen MR) is 107 cm³/mol. The van der Waals surface area contributed by atoms with Gasteiger partial charge in [-0.05, 0) is 55.3 Å². The van der Waals surface area contributed by atoms with Crippen molar-refractivity contribution in [1.29, 1.82) is 0 Å². The Hall–Kier alpha value is -3.55. The molecule has 0 unspecified atom stereocenters. The molecule has 2 aromatic rings. The summed E-state index contributed by atoms with van der Waals surface area (Å²) in [6.45, 7) is 1.49. The molecule has 2 amide bonds. The van der Waals surface area contributed by atoms with Crippen LogP contribution >= 0.6 is 0 Å². The molecule has 29 heavy (non-hydrogen) atoms. The molecule has 1 atom stereocenters. The number of rotatable bonds is 9. The maximum atomic E-state index is 12.2. The number of amides is 2. The summed E-state index contributed by atoms with van der Waals surface area (Å²) in [4.78, 5) is 35.4. The molecule has 0 aliphatic carbocycles. The van der Waals surface area contributed by atoms with E-state index in [9.17, 15) is 14.4 Å². The second-order valence-electron chi connectivity index (χ2n) is 6.28. The van der Waals surface area contributed by atoms with Crippen LogP contribution in [0.5, 0.6) is 11.5 Å². The monoisotopic (exact) mass is 400 g/mol. The van der Waals surface area contributed by atoms with E-state index in [0.29, 0.717) is 29.2 Å². The Bertz CT molecular complexity index is 857. The SMILES string of the molecule is COc1cc(CCC(=O)O[C@H](C)C(=O)Nc2ccc(C(N)=O)cc2)cc(OC)c1. The Labute approximate surface area is 168 Å². The Balaban J connectivity index is 1.86. The van der Waals surface area contributed by atoms with Gasteiger partial charge >= 0.3 is 5.97 Å². The van der Waals surface area contributed by atoms with Crippen LogP contribution in [0.15, 0.2) is 42.5 Å². The number of aryl methyl sites for hydroxylation is 1. The predicted octanol–water partition coefficient (Wildman–Crippen LogP) is 2.31. The zero-order chi connectivity index (χ0) is 21.4. The molecule has 2 rings (SSSR count). The van der Waals surface area contributed by atoms with Gasteiger partial charge in [-0.2, -0.15) is 0 Å². The van der Waals surface area contributed by atoms with E-state index in [-0.39, 0.29) is 6.42 Å². The second-order valence-corrected chi connectivity index (χ2v) is 6.28. The van der Waals surface area contributed by atoms with Crippen LogP contribution in [0, 0.1) is 0 Å². The lowest BCUT2D eigenvalue weighted by molar-refractivity contribution is -0.153. The lowest BCUT2D eigenvalue weighted by Crippen LogP contribution is -2.30. The fourth-order valence-corrected chi connectivity index (χ4v) is 2.53. The number of methoxy groups -OCH3 is 2. The van der Waals surface area contributed by atoms with Gasteiger partial charge in [0.15, 0.2) is 6.10 Å². The molecule has 154 valence electrons. The van der Waals surface area contributed by atoms with Gasteiger partial charge in [-0.15, -0.1) is 0 Å². The summed E-state index contributed by atoms with van der Waals surface area (Å²) in [5.74, 6) is -0.281. The number of primary amides is 1. The van der Waals surface area contributed by atoms with Gasteiger partial charge in [-0.1, -0.05) is 0 Å². The van der Waals surface area contributed by atoms with Crippen LogP contribution in [0.2, 0.25) is 0 Å². The van der Waals surface area contributed by atoms with Crippen LogP contribution in [0.4, 0.5) is 5.69 Å². The maximum Gasteiger partial charge on any atom is 0.306 e. The summed E-state index contributed by atoms with van der Waals surface area (Å²) in [7, 11) is 3.10. The third-order valence-electron chi connectivity index (χ3n) is 4.14. The van der Waals surface area contributed by atoms with E-state index in [4.69, 9.17) is 19.9 Å². The van der Waals surface area contributed by atoms with Gasteiger partial charge in [0.25, 0.3) is 5.91 Å². The van der Waals surface area contributed by atoms with Gasteiger partial charge in [0, 0.05) is 23.7 Å². The van der Waals surface area contributed by atoms with Gasteiger partial charge in [0.1, 0.15) is 11.5 Å². The van der Waals surface area contributed by atoms with Crippen LogP contribution in [-0.2, 0) is 20.7 Å². The molecule has 0 fully saturated rings. The van der Waals surface area contributed by atoms with Gasteiger partial charge in [0.2, 0.25) is 5.91 Å². The first-order valence-corrected chi connectivity index (χ1v) is 8.94. The molecule has 0 radical (unpaired) electrons. The quantitative estimate of drug-likeness (QED) is 0.624. The minimum atomic E-state index is -0.974. The maximum absolute atomic E-state index is 12.2. The molecule has 0 saturated heterocycles. The summed E-state index contributed by atoms with van der Waals surface area (Å²) in [5.41, 5.74) is 6.82. The molecular formula is C21H24N2O6. The van der Waals surface area contributed by atoms with Crippen molar-refractivity contribution in [2.45, 2.75) is 25.9 Å². The summed E-state index contributed by atoms with van der Waals surface area (Å²) >= 11 is 0. The molecule has 0 aliphatic heterocycles. The van der Waals surface area contributed by atoms with Crippen LogP contribution in [0.25, 0.3) is 0 Å². The van der Waals surface area contributed by atoms with Gasteiger partial charge < -0.3 is 25.3 Å². The summed E-state index contributed by atoms with van der Waals surface area (Å²) in [5, 5.41) is 2.62. The molecule has 0 bridgehead atoms. The highest BCUT2D eigenvalue weighted by molar-refractivity contribution is 5.96. The first-order chi connectivity index (χ1) is 13.8. The number of ether oxygens (including phenoxy) is 3. The lowest BCUT2D eigenvalue weighted by atomic mass is 10.1. The molecule has 0 saturated carbocycles. The molecule has 8 nitrogen and oxygen atoms in total. The fourth-order valence-electron chi connectivity index (χ4n) is 2.53. The van der Waals surface area contributed by atoms with E-state index in [1.807, 2.05) is 12.1 Å². The number of anilines is 1. The first-order valence-electron chi connectivity index (χ1n) is 8.94. The minimum absolute atomic E-state index is 0.0985. The second kappa shape index (κ2) is 10.1. The molecule has 0 aliphatic rings. The molecule has 3 N–H and O–H groups in total. The molecule has 2 aromatic carbocycles. The average Bonchev–Trinajstić information content (AvgIpc) is 2.72. The molecule has 8 heteroatoms. The fraction of sp³-hybridized carbons (Fsp3) is 0.286. The van der Waals surface area contributed by atoms with E-state index >= 15 is 0 Å². The van der Waals surface area contributed by atoms with Crippen molar-refractivity contribution in [3.63, 3.8) is 0 Å². The van der Waals surface area contributed by atoms with Crippen LogP contribution in [-0.4, -0.2) is 38.1 Å². The smallest absolute Gasteiger partial charge is 0.306 e. The van der Waals surface area contributed by atoms with Gasteiger partial charge in [-0.25, -0.2) is 0 Å². The number of carbonyl (C=O) groups is 3. The van der Waals surface area contributed by atoms with Crippen molar-refractivity contribution in [2.75, 3.05) is 19.5 Å². The highest BCUT2D eigenvalue weighted by atomic mass is 16.5. The molecular weight excluding hydrogens is 376 g/mol. The summed E-state index contributed by atoms with van der Waals surface area (Å²) < 4.78 is 15.6. The molecule has 0 heterocycles. The van der Waals surface area contributed by atoms with Gasteiger partial charge in [0.05, 0.1) is 14.2 Å². The number of esters is 1. The van der Waals surface area contributed by atoms with E-state index in [1.54, 1.807) is 32.4 Å². The third kappa shape index (κ3) is 6.53. The third-order valence-corrected chi connectivity index (χ3v) is 4.14. The zero-order valence-electron chi connectivity index (χ0n) is 16.6. The standard InChI is InChI=1S/C21H24N2O6/c1-13(21(26)23-16-7-5-15(6-8-16)20(22)25)29-19(24)9-4-14-10-17(27-2)12-18(11-14)28-3/h5-8,10-13H,4,9H2,1-3H3,(H2,22,25)(H,23,26)/t13-/m1/s1. The van der Waals surface area contributed by atoms with Crippen molar-refractivity contribution in [3.8, 4) is 11.5 Å². The van der Waals surface area contributed by atoms with E-state index in [2.05, 4.69) is 5.32 Å². The normalized spacial score (nSPS) is 11.3. The van der Waals surface area contributed by atoms with Gasteiger partial charge in [-0.3, -0.25) is 14.4 Å². The van der Waals surface area contributed by atoms with E-state index in [0.717, 1.165) is 5.56 Å². The number of carbonyl (C=O) groups excluding carboxylic acids is 3. The summed E-state index contributed by atoms with van der Waals surface area (Å²) in [6.07, 6.45) is -0.463. The number of hydrogen-bond donors (Lipinski definition) is 2. The topological polar surface area (TPSA) is 117 Å². The zero-order valence-corrected chi connectivity index (χ0v) is 16.6. The number of nitrogens with one attached hydrogen (secondary N) is 1. The Kier molecular flexibility index (Phi) is 7.59. The number of hydrogen-bond acceptors (Lipinski definition) is 6. The van der Waals surface area contributed by atoms with Crippen molar-refractivity contribution >= 4 is 23.5 Å². The Morgan fingerprint density at radius 2 is 1.59 bits per heavy atom. The van der Waals surface area contributed by atoms with Crippen molar-refractivity contribution < 1.29 is 28.6 Å². The minimum Gasteiger partial charge on any atom is -0.497 e. The van der Waals surface area contributed by atoms with E-state index < -0.39 is 23.9 Å². The van der Waals surface area contributed by atoms with Crippen molar-refractivity contribution in [1.82, 2.24) is 0 Å². The molecule has 0 aromatic heterocycles. The average molecular weight is 400 g/mol. The Morgan fingerprint density at radius 1 is 1.00 bits per heavy atom. The number of benzene rings is 2.